The van der Waals surface area contributed by atoms with Crippen LogP contribution in [0.5, 0.6) is 0 Å². The molecular weight excluding hydrogens is 230 g/mol. The van der Waals surface area contributed by atoms with E-state index in [1.807, 2.05) is 12.1 Å². The molecule has 0 heterocycles. The fraction of sp³-hybridized carbons (Fsp3) is 0.500. The van der Waals surface area contributed by atoms with Crippen LogP contribution < -0.4 is 5.73 Å². The topological polar surface area (TPSA) is 72.5 Å². The Labute approximate surface area is 108 Å². The van der Waals surface area contributed by atoms with Crippen molar-refractivity contribution >= 4 is 5.97 Å². The molecule has 0 bridgehead atoms. The van der Waals surface area contributed by atoms with Crippen molar-refractivity contribution in [3.8, 4) is 0 Å². The van der Waals surface area contributed by atoms with E-state index < -0.39 is 5.97 Å². The minimum Gasteiger partial charge on any atom is -0.480 e. The molecule has 0 fully saturated rings. The highest BCUT2D eigenvalue weighted by Crippen LogP contribution is 2.20. The highest BCUT2D eigenvalue weighted by Gasteiger charge is 2.08. The molecule has 0 aliphatic carbocycles. The lowest BCUT2D eigenvalue weighted by molar-refractivity contribution is -0.142. The Kier molecular flexibility index (Phi) is 5.82. The van der Waals surface area contributed by atoms with Crippen LogP contribution in [-0.2, 0) is 9.53 Å². The zero-order valence-corrected chi connectivity index (χ0v) is 10.9. The van der Waals surface area contributed by atoms with Gasteiger partial charge in [0.2, 0.25) is 0 Å². The van der Waals surface area contributed by atoms with Crippen LogP contribution in [-0.4, -0.2) is 24.3 Å². The van der Waals surface area contributed by atoms with E-state index in [9.17, 15) is 4.79 Å². The summed E-state index contributed by atoms with van der Waals surface area (Å²) in [6, 6.07) is 7.82. The number of carbonyl (C=O) groups is 1. The average Bonchev–Trinajstić information content (AvgIpc) is 2.37. The lowest BCUT2D eigenvalue weighted by atomic mass is 9.96. The summed E-state index contributed by atoms with van der Waals surface area (Å²) in [4.78, 5) is 10.3. The first kappa shape index (κ1) is 14.7. The number of rotatable bonds is 7. The first-order valence-electron chi connectivity index (χ1n) is 6.19. The molecule has 2 atom stereocenters. The van der Waals surface area contributed by atoms with E-state index in [1.165, 1.54) is 5.56 Å². The van der Waals surface area contributed by atoms with Gasteiger partial charge in [0.15, 0.2) is 0 Å². The quantitative estimate of drug-likeness (QED) is 0.780. The smallest absolute Gasteiger partial charge is 0.329 e. The summed E-state index contributed by atoms with van der Waals surface area (Å²) in [7, 11) is 0. The second-order valence-corrected chi connectivity index (χ2v) is 4.49. The summed E-state index contributed by atoms with van der Waals surface area (Å²) < 4.78 is 4.99. The Morgan fingerprint density at radius 1 is 1.33 bits per heavy atom. The van der Waals surface area contributed by atoms with E-state index in [2.05, 4.69) is 26.0 Å². The Morgan fingerprint density at radius 3 is 2.39 bits per heavy atom. The number of carboxylic acid groups (broad SMARTS) is 1. The molecule has 0 aliphatic heterocycles. The molecule has 100 valence electrons. The molecule has 0 spiro atoms. The lowest BCUT2D eigenvalue weighted by Gasteiger charge is -2.14. The second kappa shape index (κ2) is 7.13. The number of hydrogen-bond donors (Lipinski definition) is 2. The maximum absolute atomic E-state index is 10.3. The third-order valence-corrected chi connectivity index (χ3v) is 3.07. The number of nitrogens with two attached hydrogens (primary N) is 1. The molecule has 0 saturated carbocycles. The van der Waals surface area contributed by atoms with E-state index in [0.29, 0.717) is 5.92 Å². The third-order valence-electron chi connectivity index (χ3n) is 3.07. The third kappa shape index (κ3) is 4.47. The Bertz CT molecular complexity index is 375. The van der Waals surface area contributed by atoms with E-state index in [1.54, 1.807) is 0 Å². The summed E-state index contributed by atoms with van der Waals surface area (Å²) in [6.45, 7) is 4.25. The molecule has 0 amide bonds. The van der Waals surface area contributed by atoms with Crippen LogP contribution in [0.25, 0.3) is 0 Å². The van der Waals surface area contributed by atoms with Crippen LogP contribution in [0.4, 0.5) is 0 Å². The summed E-state index contributed by atoms with van der Waals surface area (Å²) in [5.74, 6) is -0.437. The number of aliphatic carboxylic acids is 1. The maximum Gasteiger partial charge on any atom is 0.329 e. The predicted molar refractivity (Wildman–Crippen MR) is 70.5 cm³/mol. The van der Waals surface area contributed by atoms with Crippen LogP contribution in [0.2, 0.25) is 0 Å². The largest absolute Gasteiger partial charge is 0.480 e. The molecule has 4 nitrogen and oxygen atoms in total. The summed E-state index contributed by atoms with van der Waals surface area (Å²) in [5.41, 5.74) is 8.18. The van der Waals surface area contributed by atoms with Crippen molar-refractivity contribution in [3.05, 3.63) is 35.4 Å². The van der Waals surface area contributed by atoms with E-state index in [4.69, 9.17) is 15.6 Å². The van der Waals surface area contributed by atoms with Crippen LogP contribution in [0.15, 0.2) is 24.3 Å². The van der Waals surface area contributed by atoms with Gasteiger partial charge in [0.05, 0.1) is 12.6 Å². The first-order chi connectivity index (χ1) is 8.54. The zero-order valence-electron chi connectivity index (χ0n) is 10.9. The number of carboxylic acids is 1. The van der Waals surface area contributed by atoms with Crippen molar-refractivity contribution in [3.63, 3.8) is 0 Å². The fourth-order valence-electron chi connectivity index (χ4n) is 1.68. The molecule has 2 unspecified atom stereocenters. The van der Waals surface area contributed by atoms with Crippen molar-refractivity contribution in [2.75, 3.05) is 13.2 Å². The van der Waals surface area contributed by atoms with Crippen LogP contribution >= 0.6 is 0 Å². The van der Waals surface area contributed by atoms with E-state index in [0.717, 1.165) is 12.0 Å². The van der Waals surface area contributed by atoms with Crippen LogP contribution in [0.3, 0.4) is 0 Å². The van der Waals surface area contributed by atoms with Crippen LogP contribution in [0.1, 0.15) is 43.4 Å². The Hall–Kier alpha value is -1.39. The SMILES string of the molecule is CCC(C)c1ccc(C(N)COCC(=O)O)cc1. The van der Waals surface area contributed by atoms with Gasteiger partial charge in [0.1, 0.15) is 6.61 Å². The fourth-order valence-corrected chi connectivity index (χ4v) is 1.68. The molecule has 0 aromatic heterocycles. The molecule has 3 N–H and O–H groups in total. The summed E-state index contributed by atoms with van der Waals surface area (Å²) >= 11 is 0. The van der Waals surface area contributed by atoms with Gasteiger partial charge >= 0.3 is 5.97 Å². The predicted octanol–water partition coefficient (Wildman–Crippen LogP) is 2.30. The second-order valence-electron chi connectivity index (χ2n) is 4.49. The van der Waals surface area contributed by atoms with Crippen molar-refractivity contribution < 1.29 is 14.6 Å². The lowest BCUT2D eigenvalue weighted by Crippen LogP contribution is -2.19. The molecule has 1 rings (SSSR count). The Balaban J connectivity index is 2.53. The minimum absolute atomic E-state index is 0.217. The van der Waals surface area contributed by atoms with Gasteiger partial charge in [0, 0.05) is 0 Å². The van der Waals surface area contributed by atoms with Crippen molar-refractivity contribution in [2.24, 2.45) is 5.73 Å². The van der Waals surface area contributed by atoms with Gasteiger partial charge in [-0.25, -0.2) is 4.79 Å². The molecule has 1 aromatic carbocycles. The van der Waals surface area contributed by atoms with Gasteiger partial charge in [0.25, 0.3) is 0 Å². The molecule has 0 aliphatic rings. The molecule has 1 aromatic rings. The first-order valence-corrected chi connectivity index (χ1v) is 6.19. The molecule has 4 heteroatoms. The standard InChI is InChI=1S/C14H21NO3/c1-3-10(2)11-4-6-12(7-5-11)13(15)8-18-9-14(16)17/h4-7,10,13H,3,8-9,15H2,1-2H3,(H,16,17). The van der Waals surface area contributed by atoms with Crippen molar-refractivity contribution in [1.29, 1.82) is 0 Å². The number of ether oxygens (including phenoxy) is 1. The summed E-state index contributed by atoms with van der Waals surface area (Å²) in [6.07, 6.45) is 1.10. The minimum atomic E-state index is -0.977. The average molecular weight is 251 g/mol. The molecule has 18 heavy (non-hydrogen) atoms. The van der Waals surface area contributed by atoms with Gasteiger partial charge in [-0.15, -0.1) is 0 Å². The van der Waals surface area contributed by atoms with Gasteiger partial charge in [-0.1, -0.05) is 38.1 Å². The highest BCUT2D eigenvalue weighted by atomic mass is 16.5. The van der Waals surface area contributed by atoms with Crippen molar-refractivity contribution in [2.45, 2.75) is 32.2 Å². The van der Waals surface area contributed by atoms with E-state index in [-0.39, 0.29) is 19.3 Å². The normalized spacial score (nSPS) is 14.2. The van der Waals surface area contributed by atoms with Crippen molar-refractivity contribution in [1.82, 2.24) is 0 Å². The van der Waals surface area contributed by atoms with Gasteiger partial charge in [-0.2, -0.15) is 0 Å². The number of hydrogen-bond acceptors (Lipinski definition) is 3. The Morgan fingerprint density at radius 2 is 1.89 bits per heavy atom. The van der Waals surface area contributed by atoms with Crippen LogP contribution in [0, 0.1) is 0 Å². The summed E-state index contributed by atoms with van der Waals surface area (Å²) in [5, 5.41) is 8.46. The highest BCUT2D eigenvalue weighted by molar-refractivity contribution is 5.67. The van der Waals surface area contributed by atoms with E-state index >= 15 is 0 Å². The molecule has 0 saturated heterocycles. The maximum atomic E-state index is 10.3. The molecular formula is C14H21NO3. The molecule has 0 radical (unpaired) electrons. The zero-order chi connectivity index (χ0) is 13.5. The van der Waals surface area contributed by atoms with Gasteiger partial charge < -0.3 is 15.6 Å². The van der Waals surface area contributed by atoms with Gasteiger partial charge in [-0.3, -0.25) is 0 Å². The number of benzene rings is 1. The van der Waals surface area contributed by atoms with Gasteiger partial charge in [-0.05, 0) is 23.5 Å². The monoisotopic (exact) mass is 251 g/mol.